The molecule has 3 N–H and O–H groups in total. The molecular formula is C14H20FN3O2. The van der Waals surface area contributed by atoms with Crippen molar-refractivity contribution in [1.82, 2.24) is 10.2 Å². The van der Waals surface area contributed by atoms with E-state index in [1.807, 2.05) is 7.05 Å². The number of benzene rings is 1. The van der Waals surface area contributed by atoms with Crippen molar-refractivity contribution in [3.05, 3.63) is 35.1 Å². The van der Waals surface area contributed by atoms with Gasteiger partial charge < -0.3 is 15.8 Å². The smallest absolute Gasteiger partial charge is 0.248 e. The van der Waals surface area contributed by atoms with Crippen LogP contribution in [0.2, 0.25) is 0 Å². The summed E-state index contributed by atoms with van der Waals surface area (Å²) in [5, 5.41) is 3.07. The molecule has 0 aromatic heterocycles. The monoisotopic (exact) mass is 281 g/mol. The number of primary amides is 1. The molecule has 1 unspecified atom stereocenters. The maximum Gasteiger partial charge on any atom is 0.248 e. The van der Waals surface area contributed by atoms with Gasteiger partial charge in [0.25, 0.3) is 0 Å². The molecule has 2 rings (SSSR count). The van der Waals surface area contributed by atoms with E-state index < -0.39 is 5.91 Å². The largest absolute Gasteiger partial charge is 0.374 e. The number of nitrogens with zero attached hydrogens (tertiary/aromatic N) is 1. The van der Waals surface area contributed by atoms with Crippen molar-refractivity contribution in [3.8, 4) is 0 Å². The van der Waals surface area contributed by atoms with Gasteiger partial charge >= 0.3 is 0 Å². The Balaban J connectivity index is 2.05. The van der Waals surface area contributed by atoms with Crippen LogP contribution in [0.5, 0.6) is 0 Å². The van der Waals surface area contributed by atoms with Gasteiger partial charge in [-0.25, -0.2) is 4.39 Å². The first-order valence-corrected chi connectivity index (χ1v) is 6.67. The molecule has 0 spiro atoms. The third-order valence-electron chi connectivity index (χ3n) is 3.38. The molecule has 0 bridgehead atoms. The molecule has 20 heavy (non-hydrogen) atoms. The Kier molecular flexibility index (Phi) is 5.05. The minimum absolute atomic E-state index is 0.108. The van der Waals surface area contributed by atoms with Crippen molar-refractivity contribution in [1.29, 1.82) is 0 Å². The third-order valence-corrected chi connectivity index (χ3v) is 3.38. The number of ether oxygens (including phenoxy) is 1. The van der Waals surface area contributed by atoms with Gasteiger partial charge in [0.1, 0.15) is 5.82 Å². The summed E-state index contributed by atoms with van der Waals surface area (Å²) in [6, 6.07) is 4.23. The van der Waals surface area contributed by atoms with E-state index in [0.717, 1.165) is 19.6 Å². The van der Waals surface area contributed by atoms with Crippen LogP contribution in [0.15, 0.2) is 18.2 Å². The van der Waals surface area contributed by atoms with Gasteiger partial charge in [0.15, 0.2) is 0 Å². The van der Waals surface area contributed by atoms with Gasteiger partial charge in [0.05, 0.1) is 12.7 Å². The molecule has 5 nitrogen and oxygen atoms in total. The number of hydrogen-bond acceptors (Lipinski definition) is 4. The van der Waals surface area contributed by atoms with E-state index in [2.05, 4.69) is 10.2 Å². The lowest BCUT2D eigenvalue weighted by molar-refractivity contribution is -0.0294. The minimum atomic E-state index is -0.540. The quantitative estimate of drug-likeness (QED) is 0.817. The van der Waals surface area contributed by atoms with E-state index in [4.69, 9.17) is 10.5 Å². The first-order valence-electron chi connectivity index (χ1n) is 6.67. The van der Waals surface area contributed by atoms with E-state index in [9.17, 15) is 9.18 Å². The average Bonchev–Trinajstić information content (AvgIpc) is 2.42. The van der Waals surface area contributed by atoms with Crippen LogP contribution in [0.4, 0.5) is 4.39 Å². The summed E-state index contributed by atoms with van der Waals surface area (Å²) < 4.78 is 19.4. The second-order valence-corrected chi connectivity index (χ2v) is 4.96. The van der Waals surface area contributed by atoms with Crippen LogP contribution in [0.3, 0.4) is 0 Å². The Morgan fingerprint density at radius 1 is 1.60 bits per heavy atom. The van der Waals surface area contributed by atoms with Crippen LogP contribution in [0.25, 0.3) is 0 Å². The van der Waals surface area contributed by atoms with E-state index in [0.29, 0.717) is 24.3 Å². The summed E-state index contributed by atoms with van der Waals surface area (Å²) in [4.78, 5) is 13.3. The van der Waals surface area contributed by atoms with Crippen LogP contribution in [-0.4, -0.2) is 50.2 Å². The zero-order chi connectivity index (χ0) is 14.5. The number of nitrogens with two attached hydrogens (primary N) is 1. The molecule has 0 aliphatic carbocycles. The first kappa shape index (κ1) is 14.9. The third kappa shape index (κ3) is 3.75. The van der Waals surface area contributed by atoms with Gasteiger partial charge in [0.2, 0.25) is 5.91 Å². The van der Waals surface area contributed by atoms with Gasteiger partial charge in [-0.1, -0.05) is 0 Å². The van der Waals surface area contributed by atoms with Crippen LogP contribution < -0.4 is 11.1 Å². The highest BCUT2D eigenvalue weighted by Gasteiger charge is 2.21. The number of carbonyl (C=O) groups is 1. The average molecular weight is 281 g/mol. The number of amides is 1. The van der Waals surface area contributed by atoms with Crippen LogP contribution in [-0.2, 0) is 11.3 Å². The van der Waals surface area contributed by atoms with E-state index in [-0.39, 0.29) is 11.9 Å². The Morgan fingerprint density at radius 2 is 2.40 bits per heavy atom. The van der Waals surface area contributed by atoms with E-state index in [1.54, 1.807) is 0 Å². The van der Waals surface area contributed by atoms with Crippen molar-refractivity contribution in [2.45, 2.75) is 12.6 Å². The zero-order valence-electron chi connectivity index (χ0n) is 11.6. The molecule has 1 aliphatic rings. The Morgan fingerprint density at radius 3 is 3.10 bits per heavy atom. The maximum absolute atomic E-state index is 13.8. The van der Waals surface area contributed by atoms with Crippen molar-refractivity contribution in [3.63, 3.8) is 0 Å². The first-order chi connectivity index (χ1) is 9.60. The Hall–Kier alpha value is -1.50. The predicted octanol–water partition coefficient (Wildman–Crippen LogP) is 0.345. The second kappa shape index (κ2) is 6.78. The van der Waals surface area contributed by atoms with E-state index >= 15 is 0 Å². The predicted molar refractivity (Wildman–Crippen MR) is 73.9 cm³/mol. The maximum atomic E-state index is 13.8. The minimum Gasteiger partial charge on any atom is -0.374 e. The molecule has 110 valence electrons. The SMILES string of the molecule is CNCC1CN(Cc2cc(C(N)=O)ccc2F)CCO1. The molecular weight excluding hydrogens is 261 g/mol. The van der Waals surface area contributed by atoms with Gasteiger partial charge in [-0.15, -0.1) is 0 Å². The normalized spacial score (nSPS) is 20.0. The standard InChI is InChI=1S/C14H20FN3O2/c1-17-7-12-9-18(4-5-20-12)8-11-6-10(14(16)19)2-3-13(11)15/h2-3,6,12,17H,4-5,7-9H2,1H3,(H2,16,19). The number of nitrogens with one attached hydrogen (secondary N) is 1. The zero-order valence-corrected chi connectivity index (χ0v) is 11.6. The topological polar surface area (TPSA) is 67.6 Å². The molecule has 1 amide bonds. The molecule has 0 radical (unpaired) electrons. The van der Waals surface area contributed by atoms with Gasteiger partial charge in [-0.3, -0.25) is 9.69 Å². The fourth-order valence-corrected chi connectivity index (χ4v) is 2.37. The summed E-state index contributed by atoms with van der Waals surface area (Å²) in [6.07, 6.45) is 0.108. The van der Waals surface area contributed by atoms with Crippen LogP contribution in [0.1, 0.15) is 15.9 Å². The molecule has 1 aliphatic heterocycles. The lowest BCUT2D eigenvalue weighted by atomic mass is 10.1. The molecule has 1 fully saturated rings. The molecule has 6 heteroatoms. The molecule has 1 saturated heterocycles. The van der Waals surface area contributed by atoms with E-state index in [1.165, 1.54) is 18.2 Å². The molecule has 1 atom stereocenters. The number of halogens is 1. The number of carbonyl (C=O) groups excluding carboxylic acids is 1. The van der Waals surface area contributed by atoms with Crippen LogP contribution >= 0.6 is 0 Å². The summed E-state index contributed by atoms with van der Waals surface area (Å²) in [7, 11) is 1.87. The Bertz CT molecular complexity index is 479. The highest BCUT2D eigenvalue weighted by molar-refractivity contribution is 5.92. The second-order valence-electron chi connectivity index (χ2n) is 4.96. The van der Waals surface area contributed by atoms with Crippen molar-refractivity contribution >= 4 is 5.91 Å². The number of rotatable bonds is 5. The lowest BCUT2D eigenvalue weighted by Gasteiger charge is -2.33. The summed E-state index contributed by atoms with van der Waals surface area (Å²) >= 11 is 0. The number of hydrogen-bond donors (Lipinski definition) is 2. The fourth-order valence-electron chi connectivity index (χ4n) is 2.37. The summed E-state index contributed by atoms with van der Waals surface area (Å²) in [6.45, 7) is 3.34. The molecule has 1 heterocycles. The highest BCUT2D eigenvalue weighted by atomic mass is 19.1. The number of likely N-dealkylation sites (N-methyl/N-ethyl adjacent to an activating group) is 1. The van der Waals surface area contributed by atoms with Crippen molar-refractivity contribution in [2.75, 3.05) is 33.3 Å². The lowest BCUT2D eigenvalue weighted by Crippen LogP contribution is -2.45. The van der Waals surface area contributed by atoms with Gasteiger partial charge in [0, 0.05) is 37.3 Å². The number of morpholine rings is 1. The molecule has 0 saturated carbocycles. The van der Waals surface area contributed by atoms with Gasteiger partial charge in [-0.2, -0.15) is 0 Å². The van der Waals surface area contributed by atoms with Crippen molar-refractivity contribution < 1.29 is 13.9 Å². The summed E-state index contributed by atoms with van der Waals surface area (Å²) in [5.74, 6) is -0.854. The van der Waals surface area contributed by atoms with Gasteiger partial charge in [-0.05, 0) is 25.2 Å². The van der Waals surface area contributed by atoms with Crippen molar-refractivity contribution in [2.24, 2.45) is 5.73 Å². The highest BCUT2D eigenvalue weighted by Crippen LogP contribution is 2.15. The Labute approximate surface area is 117 Å². The summed E-state index contributed by atoms with van der Waals surface area (Å²) in [5.41, 5.74) is 6.05. The fraction of sp³-hybridized carbons (Fsp3) is 0.500. The molecule has 1 aromatic rings. The molecule has 1 aromatic carbocycles. The van der Waals surface area contributed by atoms with Crippen LogP contribution in [0, 0.1) is 5.82 Å².